The summed E-state index contributed by atoms with van der Waals surface area (Å²) in [5, 5.41) is 9.10. The molecule has 0 saturated carbocycles. The summed E-state index contributed by atoms with van der Waals surface area (Å²) < 4.78 is 11.2. The second kappa shape index (κ2) is 6.11. The van der Waals surface area contributed by atoms with E-state index in [9.17, 15) is 0 Å². The van der Waals surface area contributed by atoms with E-state index in [0.717, 1.165) is 0 Å². The Labute approximate surface area is 133 Å². The van der Waals surface area contributed by atoms with Crippen LogP contribution in [0.4, 0.5) is 5.69 Å². The molecule has 1 aromatic carbocycles. The first-order valence-electron chi connectivity index (χ1n) is 5.28. The van der Waals surface area contributed by atoms with E-state index in [-0.39, 0.29) is 16.9 Å². The lowest BCUT2D eigenvalue weighted by molar-refractivity contribution is 0.366. The van der Waals surface area contributed by atoms with Gasteiger partial charge in [-0.05, 0) is 34.7 Å². The molecular weight excluding hydrogens is 395 g/mol. The quantitative estimate of drug-likeness (QED) is 0.626. The summed E-state index contributed by atoms with van der Waals surface area (Å²) in [4.78, 5) is 7.85. The molecule has 0 fully saturated rings. The van der Waals surface area contributed by atoms with Crippen LogP contribution in [0.25, 0.3) is 0 Å². The van der Waals surface area contributed by atoms with E-state index in [0.29, 0.717) is 20.6 Å². The average Bonchev–Trinajstić information content (AvgIpc) is 2.44. The Morgan fingerprint density at radius 3 is 2.80 bits per heavy atom. The highest BCUT2D eigenvalue weighted by molar-refractivity contribution is 14.1. The number of nitriles is 1. The maximum Gasteiger partial charge on any atom is 0.319 e. The van der Waals surface area contributed by atoms with Gasteiger partial charge >= 0.3 is 6.01 Å². The molecule has 0 spiro atoms. The third kappa shape index (κ3) is 3.02. The molecule has 1 aromatic heterocycles. The Morgan fingerprint density at radius 1 is 1.45 bits per heavy atom. The highest BCUT2D eigenvalue weighted by Gasteiger charge is 2.14. The van der Waals surface area contributed by atoms with E-state index >= 15 is 0 Å². The monoisotopic (exact) mass is 402 g/mol. The van der Waals surface area contributed by atoms with E-state index in [1.54, 1.807) is 6.07 Å². The van der Waals surface area contributed by atoms with Crippen LogP contribution in [0.5, 0.6) is 17.6 Å². The zero-order chi connectivity index (χ0) is 14.7. The van der Waals surface area contributed by atoms with E-state index in [1.807, 2.05) is 28.7 Å². The first-order valence-corrected chi connectivity index (χ1v) is 6.74. The summed E-state index contributed by atoms with van der Waals surface area (Å²) in [5.41, 5.74) is 6.64. The molecule has 102 valence electrons. The number of methoxy groups -OCH3 is 1. The maximum absolute atomic E-state index is 8.87. The van der Waals surface area contributed by atoms with Gasteiger partial charge in [0.05, 0.1) is 34.2 Å². The summed E-state index contributed by atoms with van der Waals surface area (Å²) in [6, 6.07) is 5.32. The molecule has 8 heteroatoms. The van der Waals surface area contributed by atoms with Gasteiger partial charge in [-0.25, -0.2) is 4.98 Å². The van der Waals surface area contributed by atoms with Gasteiger partial charge in [0.2, 0.25) is 5.88 Å². The fourth-order valence-corrected chi connectivity index (χ4v) is 2.28. The number of hydrogen-bond donors (Lipinski definition) is 1. The zero-order valence-electron chi connectivity index (χ0n) is 10.2. The Bertz CT molecular complexity index is 679. The predicted octanol–water partition coefficient (Wildman–Crippen LogP) is 2.99. The van der Waals surface area contributed by atoms with Gasteiger partial charge < -0.3 is 15.2 Å². The number of ether oxygens (including phenoxy) is 2. The van der Waals surface area contributed by atoms with Crippen LogP contribution in [0.2, 0.25) is 5.02 Å². The van der Waals surface area contributed by atoms with E-state index < -0.39 is 0 Å². The molecule has 2 N–H and O–H groups in total. The van der Waals surface area contributed by atoms with E-state index in [4.69, 9.17) is 32.1 Å². The van der Waals surface area contributed by atoms with Crippen molar-refractivity contribution in [1.82, 2.24) is 9.97 Å². The van der Waals surface area contributed by atoms with Crippen LogP contribution in [-0.4, -0.2) is 17.1 Å². The second-order valence-electron chi connectivity index (χ2n) is 3.60. The van der Waals surface area contributed by atoms with Crippen molar-refractivity contribution in [2.75, 3.05) is 12.8 Å². The van der Waals surface area contributed by atoms with E-state index in [1.165, 1.54) is 19.4 Å². The minimum atomic E-state index is 0.131. The molecule has 0 aliphatic carbocycles. The molecule has 2 aromatic rings. The fourth-order valence-electron chi connectivity index (χ4n) is 1.39. The van der Waals surface area contributed by atoms with Crippen molar-refractivity contribution in [3.8, 4) is 23.7 Å². The van der Waals surface area contributed by atoms with Crippen LogP contribution >= 0.6 is 34.2 Å². The van der Waals surface area contributed by atoms with Crippen molar-refractivity contribution in [3.63, 3.8) is 0 Å². The molecule has 20 heavy (non-hydrogen) atoms. The molecule has 0 atom stereocenters. The molecular formula is C12H8ClIN4O2. The molecule has 0 radical (unpaired) electrons. The maximum atomic E-state index is 8.87. The largest absolute Gasteiger partial charge is 0.467 e. The normalized spacial score (nSPS) is 9.90. The van der Waals surface area contributed by atoms with Crippen molar-refractivity contribution in [2.45, 2.75) is 0 Å². The highest BCUT2D eigenvalue weighted by atomic mass is 127. The molecule has 0 aliphatic rings. The molecule has 0 saturated heterocycles. The molecule has 0 amide bonds. The number of aromatic nitrogens is 2. The first kappa shape index (κ1) is 14.6. The van der Waals surface area contributed by atoms with Crippen molar-refractivity contribution in [2.24, 2.45) is 0 Å². The number of anilines is 1. The average molecular weight is 403 g/mol. The van der Waals surface area contributed by atoms with Crippen LogP contribution < -0.4 is 15.2 Å². The lowest BCUT2D eigenvalue weighted by atomic mass is 10.2. The van der Waals surface area contributed by atoms with Crippen LogP contribution in [0, 0.1) is 14.9 Å². The van der Waals surface area contributed by atoms with Crippen molar-refractivity contribution >= 4 is 39.9 Å². The first-order chi connectivity index (χ1) is 9.55. The number of benzene rings is 1. The predicted molar refractivity (Wildman–Crippen MR) is 82.0 cm³/mol. The van der Waals surface area contributed by atoms with Crippen LogP contribution in [0.1, 0.15) is 5.56 Å². The lowest BCUT2D eigenvalue weighted by Gasteiger charge is -2.11. The Balaban J connectivity index is 2.43. The molecule has 2 rings (SSSR count). The van der Waals surface area contributed by atoms with Gasteiger partial charge in [0, 0.05) is 0 Å². The van der Waals surface area contributed by atoms with Crippen molar-refractivity contribution in [3.05, 3.63) is 32.5 Å². The van der Waals surface area contributed by atoms with Crippen LogP contribution in [0.3, 0.4) is 0 Å². The van der Waals surface area contributed by atoms with Crippen molar-refractivity contribution in [1.29, 1.82) is 5.26 Å². The van der Waals surface area contributed by atoms with Gasteiger partial charge in [-0.1, -0.05) is 11.6 Å². The number of rotatable bonds is 3. The van der Waals surface area contributed by atoms with Crippen molar-refractivity contribution < 1.29 is 9.47 Å². The number of nitrogens with zero attached hydrogens (tertiary/aromatic N) is 3. The van der Waals surface area contributed by atoms with Gasteiger partial charge in [-0.3, -0.25) is 0 Å². The van der Waals surface area contributed by atoms with Crippen LogP contribution in [-0.2, 0) is 0 Å². The summed E-state index contributed by atoms with van der Waals surface area (Å²) in [7, 11) is 1.44. The van der Waals surface area contributed by atoms with Gasteiger partial charge in [0.1, 0.15) is 5.02 Å². The molecule has 0 bridgehead atoms. The smallest absolute Gasteiger partial charge is 0.319 e. The Hall–Kier alpha value is -1.79. The van der Waals surface area contributed by atoms with E-state index in [2.05, 4.69) is 9.97 Å². The molecule has 1 heterocycles. The molecule has 0 unspecified atom stereocenters. The summed E-state index contributed by atoms with van der Waals surface area (Å²) in [6.45, 7) is 0. The van der Waals surface area contributed by atoms with Gasteiger partial charge in [-0.15, -0.1) is 0 Å². The van der Waals surface area contributed by atoms with Gasteiger partial charge in [0.15, 0.2) is 5.75 Å². The Morgan fingerprint density at radius 2 is 2.20 bits per heavy atom. The third-order valence-electron chi connectivity index (χ3n) is 2.27. The number of nitrogen functional groups attached to an aromatic ring is 1. The minimum absolute atomic E-state index is 0.131. The number of hydrogen-bond acceptors (Lipinski definition) is 6. The molecule has 0 aliphatic heterocycles. The summed E-state index contributed by atoms with van der Waals surface area (Å²) in [5.74, 6) is 0.514. The third-order valence-corrected chi connectivity index (χ3v) is 3.33. The summed E-state index contributed by atoms with van der Waals surface area (Å²) in [6.07, 6.45) is 1.37. The standard InChI is InChI=1S/C12H8ClIN4O2/c1-19-12-17-5-7(13)11(18-12)20-10-8(14)2-6(4-15)3-9(10)16/h2-3,5H,16H2,1H3. The number of nitrogens with two attached hydrogens (primary N) is 1. The zero-order valence-corrected chi connectivity index (χ0v) is 13.1. The SMILES string of the molecule is COc1ncc(Cl)c(Oc2c(N)cc(C#N)cc2I)n1. The fraction of sp³-hybridized carbons (Fsp3) is 0.0833. The van der Waals surface area contributed by atoms with Gasteiger partial charge in [0.25, 0.3) is 0 Å². The second-order valence-corrected chi connectivity index (χ2v) is 5.17. The highest BCUT2D eigenvalue weighted by Crippen LogP contribution is 2.35. The molecule has 6 nitrogen and oxygen atoms in total. The lowest BCUT2D eigenvalue weighted by Crippen LogP contribution is -1.99. The summed E-state index contributed by atoms with van der Waals surface area (Å²) >= 11 is 7.98. The minimum Gasteiger partial charge on any atom is -0.467 e. The van der Waals surface area contributed by atoms with Crippen LogP contribution in [0.15, 0.2) is 18.3 Å². The topological polar surface area (TPSA) is 94.0 Å². The Kier molecular flexibility index (Phi) is 4.46. The van der Waals surface area contributed by atoms with Gasteiger partial charge in [-0.2, -0.15) is 10.2 Å². The number of halogens is 2.